The van der Waals surface area contributed by atoms with Gasteiger partial charge in [0.1, 0.15) is 0 Å². The van der Waals surface area contributed by atoms with E-state index < -0.39 is 0 Å². The molecule has 2 nitrogen and oxygen atoms in total. The Hall–Kier alpha value is -1.90. The zero-order chi connectivity index (χ0) is 13.9. The minimum absolute atomic E-state index is 0.761. The summed E-state index contributed by atoms with van der Waals surface area (Å²) in [5.41, 5.74) is 4.59. The molecule has 0 atom stereocenters. The van der Waals surface area contributed by atoms with Crippen LogP contribution in [0.3, 0.4) is 0 Å². The van der Waals surface area contributed by atoms with Crippen molar-refractivity contribution in [2.45, 2.75) is 6.54 Å². The Labute approximate surface area is 123 Å². The van der Waals surface area contributed by atoms with E-state index in [-0.39, 0.29) is 0 Å². The van der Waals surface area contributed by atoms with Crippen molar-refractivity contribution in [1.29, 1.82) is 0 Å². The SMILES string of the molecule is CNCc1cc(Cl)ccc1-c1cccc2ncccc12. The Morgan fingerprint density at radius 1 is 1.05 bits per heavy atom. The molecule has 3 aromatic rings. The number of hydrogen-bond acceptors (Lipinski definition) is 2. The molecular weight excluding hydrogens is 268 g/mol. The van der Waals surface area contributed by atoms with Gasteiger partial charge in [0.2, 0.25) is 0 Å². The summed E-state index contributed by atoms with van der Waals surface area (Å²) >= 11 is 6.12. The van der Waals surface area contributed by atoms with Gasteiger partial charge in [0.25, 0.3) is 0 Å². The summed E-state index contributed by atoms with van der Waals surface area (Å²) < 4.78 is 0. The molecule has 0 spiro atoms. The molecule has 0 aliphatic heterocycles. The van der Waals surface area contributed by atoms with Crippen molar-refractivity contribution in [3.63, 3.8) is 0 Å². The predicted molar refractivity (Wildman–Crippen MR) is 85.0 cm³/mol. The van der Waals surface area contributed by atoms with E-state index in [0.717, 1.165) is 22.5 Å². The number of nitrogens with one attached hydrogen (secondary N) is 1. The molecule has 0 bridgehead atoms. The summed E-state index contributed by atoms with van der Waals surface area (Å²) in [6.45, 7) is 0.784. The van der Waals surface area contributed by atoms with Gasteiger partial charge in [0.05, 0.1) is 5.52 Å². The highest BCUT2D eigenvalue weighted by Gasteiger charge is 2.09. The minimum atomic E-state index is 0.761. The van der Waals surface area contributed by atoms with Gasteiger partial charge >= 0.3 is 0 Å². The quantitative estimate of drug-likeness (QED) is 0.776. The van der Waals surface area contributed by atoms with E-state index in [0.29, 0.717) is 0 Å². The summed E-state index contributed by atoms with van der Waals surface area (Å²) in [6, 6.07) is 16.3. The van der Waals surface area contributed by atoms with E-state index in [9.17, 15) is 0 Å². The Balaban J connectivity index is 2.25. The average Bonchev–Trinajstić information content (AvgIpc) is 2.47. The molecule has 0 saturated carbocycles. The number of rotatable bonds is 3. The molecule has 100 valence electrons. The van der Waals surface area contributed by atoms with Crippen molar-refractivity contribution in [1.82, 2.24) is 10.3 Å². The first-order valence-corrected chi connectivity index (χ1v) is 6.94. The highest BCUT2D eigenvalue weighted by molar-refractivity contribution is 6.30. The van der Waals surface area contributed by atoms with E-state index in [1.54, 1.807) is 0 Å². The van der Waals surface area contributed by atoms with Crippen LogP contribution in [-0.4, -0.2) is 12.0 Å². The third kappa shape index (κ3) is 2.40. The van der Waals surface area contributed by atoms with Crippen LogP contribution in [0.25, 0.3) is 22.0 Å². The van der Waals surface area contributed by atoms with E-state index in [1.807, 2.05) is 43.6 Å². The number of nitrogens with zero attached hydrogens (tertiary/aromatic N) is 1. The molecule has 1 aromatic heterocycles. The van der Waals surface area contributed by atoms with E-state index in [4.69, 9.17) is 11.6 Å². The van der Waals surface area contributed by atoms with Gasteiger partial charge in [-0.15, -0.1) is 0 Å². The number of pyridine rings is 1. The number of fused-ring (bicyclic) bond motifs is 1. The first-order chi connectivity index (χ1) is 9.79. The lowest BCUT2D eigenvalue weighted by atomic mass is 9.96. The fraction of sp³-hybridized carbons (Fsp3) is 0.118. The van der Waals surface area contributed by atoms with Gasteiger partial charge in [-0.3, -0.25) is 4.98 Å². The number of benzene rings is 2. The summed E-state index contributed by atoms with van der Waals surface area (Å²) in [7, 11) is 1.94. The van der Waals surface area contributed by atoms with Crippen molar-refractivity contribution in [2.75, 3.05) is 7.05 Å². The van der Waals surface area contributed by atoms with E-state index in [1.165, 1.54) is 16.7 Å². The van der Waals surface area contributed by atoms with Crippen molar-refractivity contribution < 1.29 is 0 Å². The molecule has 1 N–H and O–H groups in total. The van der Waals surface area contributed by atoms with Crippen LogP contribution in [0.1, 0.15) is 5.56 Å². The summed E-state index contributed by atoms with van der Waals surface area (Å²) in [4.78, 5) is 4.42. The van der Waals surface area contributed by atoms with Crippen LogP contribution in [-0.2, 0) is 6.54 Å². The summed E-state index contributed by atoms with van der Waals surface area (Å²) in [5, 5.41) is 5.12. The molecule has 20 heavy (non-hydrogen) atoms. The zero-order valence-corrected chi connectivity index (χ0v) is 12.0. The fourth-order valence-electron chi connectivity index (χ4n) is 2.50. The molecule has 3 heteroatoms. The number of halogens is 1. The Morgan fingerprint density at radius 3 is 2.80 bits per heavy atom. The van der Waals surface area contributed by atoms with Crippen molar-refractivity contribution >= 4 is 22.5 Å². The maximum atomic E-state index is 6.12. The van der Waals surface area contributed by atoms with Gasteiger partial charge in [-0.05, 0) is 48.0 Å². The molecule has 0 fully saturated rings. The second-order valence-corrected chi connectivity index (χ2v) is 5.14. The molecule has 0 amide bonds. The lowest BCUT2D eigenvalue weighted by Crippen LogP contribution is -2.06. The van der Waals surface area contributed by atoms with E-state index in [2.05, 4.69) is 28.5 Å². The molecule has 0 aliphatic rings. The molecule has 2 aromatic carbocycles. The molecular formula is C17H15ClN2. The molecule has 0 radical (unpaired) electrons. The van der Waals surface area contributed by atoms with Gasteiger partial charge in [-0.25, -0.2) is 0 Å². The van der Waals surface area contributed by atoms with Gasteiger partial charge in [-0.2, -0.15) is 0 Å². The van der Waals surface area contributed by atoms with Crippen LogP contribution >= 0.6 is 11.6 Å². The van der Waals surface area contributed by atoms with Gasteiger partial charge < -0.3 is 5.32 Å². The maximum absolute atomic E-state index is 6.12. The summed E-state index contributed by atoms with van der Waals surface area (Å²) in [5.74, 6) is 0. The first-order valence-electron chi connectivity index (χ1n) is 6.57. The monoisotopic (exact) mass is 282 g/mol. The zero-order valence-electron chi connectivity index (χ0n) is 11.2. The van der Waals surface area contributed by atoms with Crippen LogP contribution < -0.4 is 5.32 Å². The van der Waals surface area contributed by atoms with Gasteiger partial charge in [-0.1, -0.05) is 35.9 Å². The lowest BCUT2D eigenvalue weighted by molar-refractivity contribution is 0.819. The number of aromatic nitrogens is 1. The first kappa shape index (κ1) is 13.1. The smallest absolute Gasteiger partial charge is 0.0708 e. The normalized spacial score (nSPS) is 10.9. The van der Waals surface area contributed by atoms with Crippen LogP contribution in [0.4, 0.5) is 0 Å². The second kappa shape index (κ2) is 5.61. The van der Waals surface area contributed by atoms with E-state index >= 15 is 0 Å². The van der Waals surface area contributed by atoms with Crippen LogP contribution in [0.5, 0.6) is 0 Å². The third-order valence-corrected chi connectivity index (χ3v) is 3.61. The van der Waals surface area contributed by atoms with Crippen LogP contribution in [0.15, 0.2) is 54.7 Å². The highest BCUT2D eigenvalue weighted by Crippen LogP contribution is 2.31. The number of hydrogen-bond donors (Lipinski definition) is 1. The topological polar surface area (TPSA) is 24.9 Å². The largest absolute Gasteiger partial charge is 0.316 e. The molecule has 1 heterocycles. The Morgan fingerprint density at radius 2 is 1.95 bits per heavy atom. The third-order valence-electron chi connectivity index (χ3n) is 3.37. The maximum Gasteiger partial charge on any atom is 0.0708 e. The molecule has 0 aliphatic carbocycles. The standard InChI is InChI=1S/C17H15ClN2/c1-19-11-12-10-13(18)7-8-14(12)15-4-2-6-17-16(15)5-3-9-20-17/h2-10,19H,11H2,1H3. The Bertz CT molecular complexity index is 748. The van der Waals surface area contributed by atoms with Gasteiger partial charge in [0, 0.05) is 23.2 Å². The minimum Gasteiger partial charge on any atom is -0.316 e. The average molecular weight is 283 g/mol. The van der Waals surface area contributed by atoms with Crippen molar-refractivity contribution in [3.05, 3.63) is 65.3 Å². The van der Waals surface area contributed by atoms with Crippen molar-refractivity contribution in [2.24, 2.45) is 0 Å². The predicted octanol–water partition coefficient (Wildman–Crippen LogP) is 4.27. The van der Waals surface area contributed by atoms with Gasteiger partial charge in [0.15, 0.2) is 0 Å². The van der Waals surface area contributed by atoms with Crippen molar-refractivity contribution in [3.8, 4) is 11.1 Å². The fourth-order valence-corrected chi connectivity index (χ4v) is 2.69. The summed E-state index contributed by atoms with van der Waals surface area (Å²) in [6.07, 6.45) is 1.82. The second-order valence-electron chi connectivity index (χ2n) is 4.71. The lowest BCUT2D eigenvalue weighted by Gasteiger charge is -2.12. The molecule has 0 saturated heterocycles. The van der Waals surface area contributed by atoms with Crippen LogP contribution in [0, 0.1) is 0 Å². The van der Waals surface area contributed by atoms with Crippen LogP contribution in [0.2, 0.25) is 5.02 Å². The molecule has 0 unspecified atom stereocenters. The molecule has 3 rings (SSSR count). The Kier molecular flexibility index (Phi) is 3.68. The highest BCUT2D eigenvalue weighted by atomic mass is 35.5.